The van der Waals surface area contributed by atoms with Crippen LogP contribution < -0.4 is 10.1 Å². The maximum atomic E-state index is 12.2. The van der Waals surface area contributed by atoms with Crippen molar-refractivity contribution in [1.82, 2.24) is 4.90 Å². The Balaban J connectivity index is 1.74. The lowest BCUT2D eigenvalue weighted by atomic mass is 10.1. The molecule has 27 heavy (non-hydrogen) atoms. The zero-order chi connectivity index (χ0) is 19.5. The van der Waals surface area contributed by atoms with Crippen LogP contribution in [0.25, 0.3) is 0 Å². The Kier molecular flexibility index (Phi) is 9.46. The van der Waals surface area contributed by atoms with Gasteiger partial charge in [0, 0.05) is 12.2 Å². The van der Waals surface area contributed by atoms with E-state index in [1.54, 1.807) is 0 Å². The highest BCUT2D eigenvalue weighted by atomic mass is 16.6. The van der Waals surface area contributed by atoms with E-state index in [-0.39, 0.29) is 6.10 Å². The number of piperidine rings is 1. The zero-order valence-corrected chi connectivity index (χ0v) is 17.3. The van der Waals surface area contributed by atoms with Gasteiger partial charge in [-0.25, -0.2) is 4.79 Å². The zero-order valence-electron chi connectivity index (χ0n) is 17.3. The largest absolute Gasteiger partial charge is 0.494 e. The van der Waals surface area contributed by atoms with Gasteiger partial charge in [-0.1, -0.05) is 32.6 Å². The molecule has 1 aliphatic rings. The normalized spacial score (nSPS) is 16.0. The van der Waals surface area contributed by atoms with E-state index in [0.29, 0.717) is 0 Å². The predicted molar refractivity (Wildman–Crippen MR) is 111 cm³/mol. The number of amides is 1. The Labute approximate surface area is 164 Å². The van der Waals surface area contributed by atoms with Crippen LogP contribution in [0.2, 0.25) is 0 Å². The summed E-state index contributed by atoms with van der Waals surface area (Å²) < 4.78 is 11.3. The number of benzene rings is 1. The molecule has 1 atom stereocenters. The second-order valence-corrected chi connectivity index (χ2v) is 7.59. The summed E-state index contributed by atoms with van der Waals surface area (Å²) in [6.45, 7) is 9.88. The Morgan fingerprint density at radius 3 is 2.67 bits per heavy atom. The lowest BCUT2D eigenvalue weighted by molar-refractivity contribution is 0.0833. The molecule has 1 unspecified atom stereocenters. The molecule has 1 N–H and O–H groups in total. The van der Waals surface area contributed by atoms with Gasteiger partial charge >= 0.3 is 6.09 Å². The summed E-state index contributed by atoms with van der Waals surface area (Å²) in [5, 5.41) is 2.85. The third-order valence-electron chi connectivity index (χ3n) is 4.97. The number of aryl methyl sites for hydroxylation is 1. The van der Waals surface area contributed by atoms with Gasteiger partial charge in [0.25, 0.3) is 0 Å². The molecule has 1 aromatic carbocycles. The quantitative estimate of drug-likeness (QED) is 0.557. The highest BCUT2D eigenvalue weighted by Crippen LogP contribution is 2.22. The van der Waals surface area contributed by atoms with E-state index in [0.717, 1.165) is 49.7 Å². The van der Waals surface area contributed by atoms with Gasteiger partial charge in [0.2, 0.25) is 0 Å². The van der Waals surface area contributed by atoms with Gasteiger partial charge in [0.05, 0.1) is 6.61 Å². The van der Waals surface area contributed by atoms with Gasteiger partial charge < -0.3 is 9.47 Å². The summed E-state index contributed by atoms with van der Waals surface area (Å²) in [6.07, 6.45) is 8.05. The molecular formula is C22H36N2O3. The SMILES string of the molecule is CCCCCCOc1ccc(NC(=O)OC(C)CN2CCCCC2)c(C)c1. The van der Waals surface area contributed by atoms with Crippen molar-refractivity contribution in [2.45, 2.75) is 71.8 Å². The summed E-state index contributed by atoms with van der Waals surface area (Å²) in [5.74, 6) is 0.849. The predicted octanol–water partition coefficient (Wildman–Crippen LogP) is 5.38. The first-order chi connectivity index (χ1) is 13.1. The van der Waals surface area contributed by atoms with Crippen LogP contribution in [0.1, 0.15) is 64.4 Å². The highest BCUT2D eigenvalue weighted by Gasteiger charge is 2.16. The maximum absolute atomic E-state index is 12.2. The van der Waals surface area contributed by atoms with Crippen molar-refractivity contribution in [1.29, 1.82) is 0 Å². The number of hydrogen-bond donors (Lipinski definition) is 1. The first kappa shape index (κ1) is 21.5. The first-order valence-corrected chi connectivity index (χ1v) is 10.5. The lowest BCUT2D eigenvalue weighted by Gasteiger charge is -2.28. The molecule has 2 rings (SSSR count). The maximum Gasteiger partial charge on any atom is 0.411 e. The van der Waals surface area contributed by atoms with Crippen molar-refractivity contribution >= 4 is 11.8 Å². The van der Waals surface area contributed by atoms with Gasteiger partial charge in [-0.3, -0.25) is 10.2 Å². The second-order valence-electron chi connectivity index (χ2n) is 7.59. The van der Waals surface area contributed by atoms with Crippen LogP contribution in [0, 0.1) is 6.92 Å². The molecule has 0 radical (unpaired) electrons. The fourth-order valence-electron chi connectivity index (χ4n) is 3.45. The van der Waals surface area contributed by atoms with Crippen molar-refractivity contribution in [2.75, 3.05) is 31.6 Å². The van der Waals surface area contributed by atoms with Crippen LogP contribution in [-0.4, -0.2) is 43.3 Å². The van der Waals surface area contributed by atoms with Crippen molar-refractivity contribution in [3.63, 3.8) is 0 Å². The van der Waals surface area contributed by atoms with Crippen molar-refractivity contribution in [3.05, 3.63) is 23.8 Å². The first-order valence-electron chi connectivity index (χ1n) is 10.5. The minimum Gasteiger partial charge on any atom is -0.494 e. The molecule has 1 saturated heterocycles. The molecule has 0 bridgehead atoms. The summed E-state index contributed by atoms with van der Waals surface area (Å²) in [5.41, 5.74) is 1.74. The smallest absolute Gasteiger partial charge is 0.411 e. The third kappa shape index (κ3) is 8.21. The Morgan fingerprint density at radius 1 is 1.19 bits per heavy atom. The summed E-state index contributed by atoms with van der Waals surface area (Å²) >= 11 is 0. The Morgan fingerprint density at radius 2 is 1.96 bits per heavy atom. The molecule has 0 spiro atoms. The molecule has 1 amide bonds. The number of nitrogens with zero attached hydrogens (tertiary/aromatic N) is 1. The molecular weight excluding hydrogens is 340 g/mol. The molecule has 152 valence electrons. The van der Waals surface area contributed by atoms with Gasteiger partial charge in [-0.05, 0) is 70.0 Å². The number of carbonyl (C=O) groups excluding carboxylic acids is 1. The van der Waals surface area contributed by atoms with Gasteiger partial charge in [0.15, 0.2) is 0 Å². The van der Waals surface area contributed by atoms with E-state index < -0.39 is 6.09 Å². The summed E-state index contributed by atoms with van der Waals surface area (Å²) in [4.78, 5) is 14.6. The molecule has 1 heterocycles. The van der Waals surface area contributed by atoms with Crippen LogP contribution >= 0.6 is 0 Å². The molecule has 1 aromatic rings. The highest BCUT2D eigenvalue weighted by molar-refractivity contribution is 5.85. The van der Waals surface area contributed by atoms with Crippen LogP contribution in [0.3, 0.4) is 0 Å². The molecule has 1 aliphatic heterocycles. The van der Waals surface area contributed by atoms with E-state index in [9.17, 15) is 4.79 Å². The number of likely N-dealkylation sites (tertiary alicyclic amines) is 1. The van der Waals surface area contributed by atoms with Crippen molar-refractivity contribution < 1.29 is 14.3 Å². The number of rotatable bonds is 10. The number of nitrogens with one attached hydrogen (secondary N) is 1. The fraction of sp³-hybridized carbons (Fsp3) is 0.682. The number of anilines is 1. The third-order valence-corrected chi connectivity index (χ3v) is 4.97. The number of hydrogen-bond acceptors (Lipinski definition) is 4. The Bertz CT molecular complexity index is 571. The lowest BCUT2D eigenvalue weighted by Crippen LogP contribution is -2.37. The minimum absolute atomic E-state index is 0.117. The molecule has 1 fully saturated rings. The van der Waals surface area contributed by atoms with Gasteiger partial charge in [-0.15, -0.1) is 0 Å². The van der Waals surface area contributed by atoms with Gasteiger partial charge in [0.1, 0.15) is 11.9 Å². The van der Waals surface area contributed by atoms with E-state index in [1.165, 1.54) is 38.5 Å². The topological polar surface area (TPSA) is 50.8 Å². The molecule has 5 nitrogen and oxygen atoms in total. The van der Waals surface area contributed by atoms with E-state index in [4.69, 9.17) is 9.47 Å². The van der Waals surface area contributed by atoms with Crippen molar-refractivity contribution in [2.24, 2.45) is 0 Å². The molecule has 0 aliphatic carbocycles. The van der Waals surface area contributed by atoms with E-state index in [1.807, 2.05) is 32.0 Å². The Hall–Kier alpha value is -1.75. The van der Waals surface area contributed by atoms with Crippen LogP contribution in [0.4, 0.5) is 10.5 Å². The number of ether oxygens (including phenoxy) is 2. The molecule has 5 heteroatoms. The van der Waals surface area contributed by atoms with Crippen LogP contribution in [0.15, 0.2) is 18.2 Å². The minimum atomic E-state index is -0.393. The second kappa shape index (κ2) is 11.9. The average Bonchev–Trinajstić information content (AvgIpc) is 2.64. The fourth-order valence-corrected chi connectivity index (χ4v) is 3.45. The van der Waals surface area contributed by atoms with E-state index >= 15 is 0 Å². The van der Waals surface area contributed by atoms with Crippen LogP contribution in [-0.2, 0) is 4.74 Å². The summed E-state index contributed by atoms with van der Waals surface area (Å²) in [7, 11) is 0. The summed E-state index contributed by atoms with van der Waals surface area (Å²) in [6, 6.07) is 5.75. The van der Waals surface area contributed by atoms with E-state index in [2.05, 4.69) is 17.1 Å². The molecule has 0 saturated carbocycles. The standard InChI is InChI=1S/C22H36N2O3/c1-4-5-6-10-15-26-20-11-12-21(18(2)16-20)23-22(25)27-19(3)17-24-13-8-7-9-14-24/h11-12,16,19H,4-10,13-15,17H2,1-3H3,(H,23,25). The van der Waals surface area contributed by atoms with Gasteiger partial charge in [-0.2, -0.15) is 0 Å². The van der Waals surface area contributed by atoms with Crippen molar-refractivity contribution in [3.8, 4) is 5.75 Å². The number of unbranched alkanes of at least 4 members (excludes halogenated alkanes) is 3. The number of carbonyl (C=O) groups is 1. The average molecular weight is 377 g/mol. The molecule has 0 aromatic heterocycles. The monoisotopic (exact) mass is 376 g/mol. The van der Waals surface area contributed by atoms with Crippen LogP contribution in [0.5, 0.6) is 5.75 Å².